The van der Waals surface area contributed by atoms with E-state index in [1.165, 1.54) is 24.9 Å². The van der Waals surface area contributed by atoms with Crippen LogP contribution in [0.2, 0.25) is 0 Å². The van der Waals surface area contributed by atoms with Crippen molar-refractivity contribution in [3.63, 3.8) is 0 Å². The molecule has 7 nitrogen and oxygen atoms in total. The van der Waals surface area contributed by atoms with Crippen LogP contribution in [0.15, 0.2) is 50.1 Å². The first-order chi connectivity index (χ1) is 13.9. The number of alkyl halides is 3. The molecule has 1 aliphatic heterocycles. The first-order valence-corrected chi connectivity index (χ1v) is 9.40. The standard InChI is InChI=1S/C18H14F3N5O2S/c1-27-13-7-10(6-11(8-13)18(19,20)21)14-2-3-15(28-14)16-23-17(26-25-16)29-9-12-4-5-22-24-12/h2-3,5-8H,4,9H2,1H3,(H,23,25,26). The average Bonchev–Trinajstić information content (AvgIpc) is 3.46. The average molecular weight is 421 g/mol. The van der Waals surface area contributed by atoms with Gasteiger partial charge in [-0.1, -0.05) is 11.8 Å². The van der Waals surface area contributed by atoms with Crippen LogP contribution >= 0.6 is 11.8 Å². The van der Waals surface area contributed by atoms with E-state index in [0.29, 0.717) is 28.9 Å². The van der Waals surface area contributed by atoms with Crippen LogP contribution in [-0.4, -0.2) is 40.0 Å². The molecule has 0 saturated heterocycles. The summed E-state index contributed by atoms with van der Waals surface area (Å²) in [6, 6.07) is 6.62. The second-order valence-corrected chi connectivity index (χ2v) is 6.98. The van der Waals surface area contributed by atoms with Crippen LogP contribution in [0.25, 0.3) is 22.9 Å². The highest BCUT2D eigenvalue weighted by Crippen LogP contribution is 2.36. The zero-order valence-corrected chi connectivity index (χ0v) is 15.8. The van der Waals surface area contributed by atoms with Crippen LogP contribution in [0.5, 0.6) is 5.75 Å². The molecule has 0 atom stereocenters. The number of ether oxygens (including phenoxy) is 1. The summed E-state index contributed by atoms with van der Waals surface area (Å²) in [5.41, 5.74) is 0.360. The van der Waals surface area contributed by atoms with Crippen molar-refractivity contribution >= 4 is 23.7 Å². The number of halogens is 3. The molecule has 150 valence electrons. The number of nitrogens with zero attached hydrogens (tertiary/aromatic N) is 4. The summed E-state index contributed by atoms with van der Waals surface area (Å²) in [5.74, 6) is 1.70. The summed E-state index contributed by atoms with van der Waals surface area (Å²) >= 11 is 1.40. The first kappa shape index (κ1) is 19.2. The zero-order chi connectivity index (χ0) is 20.4. The fraction of sp³-hybridized carbons (Fsp3) is 0.222. The van der Waals surface area contributed by atoms with Gasteiger partial charge >= 0.3 is 6.18 Å². The van der Waals surface area contributed by atoms with Gasteiger partial charge in [0.15, 0.2) is 11.6 Å². The van der Waals surface area contributed by atoms with E-state index in [2.05, 4.69) is 25.4 Å². The molecule has 3 aromatic rings. The SMILES string of the molecule is COc1cc(-c2ccc(-c3nc(SCC4=NN=CC4)n[nH]3)o2)cc(C(F)(F)F)c1. The number of aromatic amines is 1. The van der Waals surface area contributed by atoms with Crippen molar-refractivity contribution in [2.75, 3.05) is 12.9 Å². The zero-order valence-electron chi connectivity index (χ0n) is 15.0. The summed E-state index contributed by atoms with van der Waals surface area (Å²) in [5, 5.41) is 15.2. The summed E-state index contributed by atoms with van der Waals surface area (Å²) in [6.45, 7) is 0. The van der Waals surface area contributed by atoms with Gasteiger partial charge < -0.3 is 9.15 Å². The molecular weight excluding hydrogens is 407 g/mol. The maximum Gasteiger partial charge on any atom is 0.416 e. The van der Waals surface area contributed by atoms with Gasteiger partial charge in [0.2, 0.25) is 5.16 Å². The Bertz CT molecular complexity index is 1090. The molecule has 4 rings (SSSR count). The van der Waals surface area contributed by atoms with Gasteiger partial charge in [-0.25, -0.2) is 0 Å². The Morgan fingerprint density at radius 2 is 2.03 bits per heavy atom. The molecule has 0 unspecified atom stereocenters. The second kappa shape index (κ2) is 7.74. The second-order valence-electron chi connectivity index (χ2n) is 6.04. The van der Waals surface area contributed by atoms with Gasteiger partial charge in [-0.05, 0) is 30.3 Å². The van der Waals surface area contributed by atoms with E-state index in [1.807, 2.05) is 0 Å². The molecule has 0 amide bonds. The third-order valence-electron chi connectivity index (χ3n) is 4.03. The van der Waals surface area contributed by atoms with E-state index >= 15 is 0 Å². The quantitative estimate of drug-likeness (QED) is 0.584. The number of thioether (sulfide) groups is 1. The van der Waals surface area contributed by atoms with Crippen molar-refractivity contribution in [2.45, 2.75) is 17.8 Å². The normalized spacial score (nSPS) is 13.7. The van der Waals surface area contributed by atoms with Crippen LogP contribution in [0, 0.1) is 0 Å². The lowest BCUT2D eigenvalue weighted by atomic mass is 10.1. The molecule has 0 aliphatic carbocycles. The number of aromatic nitrogens is 3. The molecule has 29 heavy (non-hydrogen) atoms. The van der Waals surface area contributed by atoms with E-state index in [9.17, 15) is 13.2 Å². The molecular formula is C18H14F3N5O2S. The highest BCUT2D eigenvalue weighted by atomic mass is 32.2. The first-order valence-electron chi connectivity index (χ1n) is 8.41. The van der Waals surface area contributed by atoms with Crippen molar-refractivity contribution in [1.29, 1.82) is 0 Å². The van der Waals surface area contributed by atoms with Crippen molar-refractivity contribution in [3.05, 3.63) is 35.9 Å². The summed E-state index contributed by atoms with van der Waals surface area (Å²) in [4.78, 5) is 4.34. The molecule has 0 saturated carbocycles. The molecule has 0 bridgehead atoms. The maximum absolute atomic E-state index is 13.1. The minimum atomic E-state index is -4.50. The van der Waals surface area contributed by atoms with Gasteiger partial charge in [0.25, 0.3) is 0 Å². The van der Waals surface area contributed by atoms with E-state index in [-0.39, 0.29) is 17.1 Å². The summed E-state index contributed by atoms with van der Waals surface area (Å²) in [6.07, 6.45) is -2.05. The predicted octanol–water partition coefficient (Wildman–Crippen LogP) is 4.68. The molecule has 1 aromatic carbocycles. The van der Waals surface area contributed by atoms with Crippen LogP contribution in [0.3, 0.4) is 0 Å². The van der Waals surface area contributed by atoms with E-state index < -0.39 is 11.7 Å². The van der Waals surface area contributed by atoms with E-state index in [4.69, 9.17) is 9.15 Å². The van der Waals surface area contributed by atoms with Crippen molar-refractivity contribution < 1.29 is 22.3 Å². The summed E-state index contributed by atoms with van der Waals surface area (Å²) in [7, 11) is 1.31. The van der Waals surface area contributed by atoms with Crippen LogP contribution in [-0.2, 0) is 6.18 Å². The Labute approximate surface area is 167 Å². The number of methoxy groups -OCH3 is 1. The van der Waals surface area contributed by atoms with Crippen molar-refractivity contribution in [3.8, 4) is 28.7 Å². The van der Waals surface area contributed by atoms with Crippen LogP contribution < -0.4 is 4.74 Å². The Morgan fingerprint density at radius 3 is 2.76 bits per heavy atom. The Balaban J connectivity index is 1.54. The van der Waals surface area contributed by atoms with E-state index in [0.717, 1.165) is 17.8 Å². The predicted molar refractivity (Wildman–Crippen MR) is 102 cm³/mol. The number of furan rings is 1. The topological polar surface area (TPSA) is 88.7 Å². The number of rotatable bonds is 6. The fourth-order valence-corrected chi connectivity index (χ4v) is 3.35. The Morgan fingerprint density at radius 1 is 1.21 bits per heavy atom. The number of benzene rings is 1. The maximum atomic E-state index is 13.1. The van der Waals surface area contributed by atoms with Crippen molar-refractivity contribution in [2.24, 2.45) is 10.2 Å². The van der Waals surface area contributed by atoms with Gasteiger partial charge in [-0.2, -0.15) is 28.4 Å². The molecule has 2 aromatic heterocycles. The van der Waals surface area contributed by atoms with Crippen LogP contribution in [0.4, 0.5) is 13.2 Å². The summed E-state index contributed by atoms with van der Waals surface area (Å²) < 4.78 is 50.1. The third-order valence-corrected chi connectivity index (χ3v) is 4.95. The van der Waals surface area contributed by atoms with Crippen LogP contribution in [0.1, 0.15) is 12.0 Å². The van der Waals surface area contributed by atoms with Gasteiger partial charge in [-0.3, -0.25) is 5.10 Å². The minimum absolute atomic E-state index is 0.0879. The largest absolute Gasteiger partial charge is 0.497 e. The monoisotopic (exact) mass is 421 g/mol. The smallest absolute Gasteiger partial charge is 0.416 e. The fourth-order valence-electron chi connectivity index (χ4n) is 2.61. The minimum Gasteiger partial charge on any atom is -0.497 e. The molecule has 0 spiro atoms. The molecule has 11 heteroatoms. The van der Waals surface area contributed by atoms with Crippen molar-refractivity contribution in [1.82, 2.24) is 15.2 Å². The highest BCUT2D eigenvalue weighted by molar-refractivity contribution is 7.99. The molecule has 3 heterocycles. The molecule has 0 radical (unpaired) electrons. The number of nitrogens with one attached hydrogen (secondary N) is 1. The lowest BCUT2D eigenvalue weighted by molar-refractivity contribution is -0.137. The molecule has 0 fully saturated rings. The van der Waals surface area contributed by atoms with Gasteiger partial charge in [0, 0.05) is 24.0 Å². The van der Waals surface area contributed by atoms with E-state index in [1.54, 1.807) is 18.3 Å². The lowest BCUT2D eigenvalue weighted by Gasteiger charge is -2.10. The molecule has 1 N–H and O–H groups in total. The Kier molecular flexibility index (Phi) is 5.14. The number of hydrogen-bond donors (Lipinski definition) is 1. The number of hydrogen-bond acceptors (Lipinski definition) is 7. The number of H-pyrrole nitrogens is 1. The van der Waals surface area contributed by atoms with Gasteiger partial charge in [-0.15, -0.1) is 5.10 Å². The van der Waals surface area contributed by atoms with Gasteiger partial charge in [0.05, 0.1) is 18.4 Å². The lowest BCUT2D eigenvalue weighted by Crippen LogP contribution is -2.05. The van der Waals surface area contributed by atoms with Gasteiger partial charge in [0.1, 0.15) is 11.5 Å². The Hall–Kier alpha value is -3.08. The highest BCUT2D eigenvalue weighted by Gasteiger charge is 2.31. The molecule has 1 aliphatic rings. The third kappa shape index (κ3) is 4.34.